The van der Waals surface area contributed by atoms with Gasteiger partial charge in [0, 0.05) is 6.04 Å². The summed E-state index contributed by atoms with van der Waals surface area (Å²) in [6.45, 7) is 9.12. The Labute approximate surface area is 161 Å². The first kappa shape index (κ1) is 20.3. The number of anilines is 1. The number of hydrogen-bond acceptors (Lipinski definition) is 3. The summed E-state index contributed by atoms with van der Waals surface area (Å²) >= 11 is 6.30. The van der Waals surface area contributed by atoms with Crippen LogP contribution in [0.3, 0.4) is 0 Å². The molecule has 0 aliphatic rings. The van der Waals surface area contributed by atoms with Crippen LogP contribution in [-0.4, -0.2) is 31.0 Å². The maximum Gasteiger partial charge on any atom is 0.238 e. The summed E-state index contributed by atoms with van der Waals surface area (Å²) in [7, 11) is 1.66. The summed E-state index contributed by atoms with van der Waals surface area (Å²) in [6.07, 6.45) is 0. The van der Waals surface area contributed by atoms with Gasteiger partial charge in [-0.05, 0) is 62.2 Å². The van der Waals surface area contributed by atoms with Crippen LogP contribution in [0.5, 0.6) is 5.75 Å². The highest BCUT2D eigenvalue weighted by Crippen LogP contribution is 2.28. The lowest BCUT2D eigenvalue weighted by Gasteiger charge is -2.28. The zero-order valence-electron chi connectivity index (χ0n) is 16.1. The third-order valence-electron chi connectivity index (χ3n) is 4.57. The number of halogens is 1. The Kier molecular flexibility index (Phi) is 7.06. The number of likely N-dealkylation sites (N-methyl/N-ethyl adjacent to an activating group) is 1. The monoisotopic (exact) mass is 374 g/mol. The van der Waals surface area contributed by atoms with Gasteiger partial charge in [0.15, 0.2) is 0 Å². The third-order valence-corrected chi connectivity index (χ3v) is 4.87. The lowest BCUT2D eigenvalue weighted by molar-refractivity contribution is -0.117. The SMILES string of the molecule is CCN(CC(=O)Nc1c(C)cc(C)cc1Cl)[C@H](C)c1cccc(OC)c1. The largest absolute Gasteiger partial charge is 0.497 e. The third kappa shape index (κ3) is 4.99. The summed E-state index contributed by atoms with van der Waals surface area (Å²) in [4.78, 5) is 14.7. The van der Waals surface area contributed by atoms with Crippen molar-refractivity contribution in [1.29, 1.82) is 0 Å². The molecule has 0 aliphatic heterocycles. The Morgan fingerprint density at radius 2 is 2.00 bits per heavy atom. The smallest absolute Gasteiger partial charge is 0.238 e. The molecule has 2 aromatic carbocycles. The van der Waals surface area contributed by atoms with Gasteiger partial charge in [0.2, 0.25) is 5.91 Å². The predicted octanol–water partition coefficient (Wildman–Crippen LogP) is 4.99. The van der Waals surface area contributed by atoms with E-state index in [2.05, 4.69) is 23.2 Å². The van der Waals surface area contributed by atoms with Gasteiger partial charge in [-0.25, -0.2) is 0 Å². The van der Waals surface area contributed by atoms with E-state index < -0.39 is 0 Å². The van der Waals surface area contributed by atoms with Crippen LogP contribution in [0.4, 0.5) is 5.69 Å². The van der Waals surface area contributed by atoms with E-state index in [4.69, 9.17) is 16.3 Å². The molecule has 1 N–H and O–H groups in total. The van der Waals surface area contributed by atoms with E-state index in [1.807, 2.05) is 51.1 Å². The molecule has 4 nitrogen and oxygen atoms in total. The number of ether oxygens (including phenoxy) is 1. The number of hydrogen-bond donors (Lipinski definition) is 1. The van der Waals surface area contributed by atoms with Crippen LogP contribution < -0.4 is 10.1 Å². The standard InChI is InChI=1S/C21H27ClN2O2/c1-6-24(16(4)17-8-7-9-18(12-17)26-5)13-20(25)23-21-15(3)10-14(2)11-19(21)22/h7-12,16H,6,13H2,1-5H3,(H,23,25)/t16-/m1/s1. The van der Waals surface area contributed by atoms with Crippen molar-refractivity contribution in [2.45, 2.75) is 33.7 Å². The molecule has 0 aliphatic carbocycles. The van der Waals surface area contributed by atoms with Crippen LogP contribution in [0.1, 0.15) is 36.6 Å². The first-order valence-corrected chi connectivity index (χ1v) is 9.18. The molecule has 0 unspecified atom stereocenters. The molecule has 5 heteroatoms. The lowest BCUT2D eigenvalue weighted by atomic mass is 10.1. The number of nitrogens with one attached hydrogen (secondary N) is 1. The maximum absolute atomic E-state index is 12.6. The molecule has 140 valence electrons. The van der Waals surface area contributed by atoms with Gasteiger partial charge in [-0.3, -0.25) is 9.69 Å². The zero-order valence-corrected chi connectivity index (χ0v) is 16.9. The van der Waals surface area contributed by atoms with E-state index >= 15 is 0 Å². The number of amides is 1. The van der Waals surface area contributed by atoms with Crippen molar-refractivity contribution in [3.05, 3.63) is 58.1 Å². The van der Waals surface area contributed by atoms with Crippen molar-refractivity contribution in [1.82, 2.24) is 4.90 Å². The van der Waals surface area contributed by atoms with Crippen molar-refractivity contribution in [3.8, 4) is 5.75 Å². The topological polar surface area (TPSA) is 41.6 Å². The number of carbonyl (C=O) groups excluding carboxylic acids is 1. The molecule has 1 amide bonds. The van der Waals surface area contributed by atoms with E-state index in [0.717, 1.165) is 29.0 Å². The minimum atomic E-state index is -0.0737. The molecule has 0 saturated heterocycles. The number of methoxy groups -OCH3 is 1. The second-order valence-electron chi connectivity index (χ2n) is 6.50. The van der Waals surface area contributed by atoms with E-state index in [1.54, 1.807) is 7.11 Å². The maximum atomic E-state index is 12.6. The van der Waals surface area contributed by atoms with Crippen molar-refractivity contribution >= 4 is 23.2 Å². The predicted molar refractivity (Wildman–Crippen MR) is 108 cm³/mol. The zero-order chi connectivity index (χ0) is 19.3. The second kappa shape index (κ2) is 9.06. The fraction of sp³-hybridized carbons (Fsp3) is 0.381. The number of benzene rings is 2. The van der Waals surface area contributed by atoms with Crippen molar-refractivity contribution in [3.63, 3.8) is 0 Å². The van der Waals surface area contributed by atoms with Crippen molar-refractivity contribution in [2.24, 2.45) is 0 Å². The van der Waals surface area contributed by atoms with E-state index in [9.17, 15) is 4.79 Å². The van der Waals surface area contributed by atoms with Crippen LogP contribution in [0.15, 0.2) is 36.4 Å². The molecular formula is C21H27ClN2O2. The summed E-state index contributed by atoms with van der Waals surface area (Å²) in [6, 6.07) is 11.9. The molecule has 0 saturated carbocycles. The van der Waals surface area contributed by atoms with Gasteiger partial charge in [-0.2, -0.15) is 0 Å². The van der Waals surface area contributed by atoms with Gasteiger partial charge in [-0.15, -0.1) is 0 Å². The van der Waals surface area contributed by atoms with Gasteiger partial charge >= 0.3 is 0 Å². The van der Waals surface area contributed by atoms with Crippen LogP contribution in [0.25, 0.3) is 0 Å². The fourth-order valence-corrected chi connectivity index (χ4v) is 3.44. The average Bonchev–Trinajstić information content (AvgIpc) is 2.62. The molecular weight excluding hydrogens is 348 g/mol. The Bertz CT molecular complexity index is 753. The van der Waals surface area contributed by atoms with Gasteiger partial charge < -0.3 is 10.1 Å². The molecule has 26 heavy (non-hydrogen) atoms. The highest BCUT2D eigenvalue weighted by Gasteiger charge is 2.19. The quantitative estimate of drug-likeness (QED) is 0.742. The average molecular weight is 375 g/mol. The summed E-state index contributed by atoms with van der Waals surface area (Å²) in [5, 5.41) is 3.53. The molecule has 2 aromatic rings. The first-order chi connectivity index (χ1) is 12.3. The molecule has 0 aromatic heterocycles. The Hall–Kier alpha value is -2.04. The normalized spacial score (nSPS) is 12.1. The second-order valence-corrected chi connectivity index (χ2v) is 6.91. The number of rotatable bonds is 7. The number of nitrogens with zero attached hydrogens (tertiary/aromatic N) is 1. The molecule has 0 bridgehead atoms. The Morgan fingerprint density at radius 3 is 2.62 bits per heavy atom. The van der Waals surface area contributed by atoms with Crippen LogP contribution in [-0.2, 0) is 4.79 Å². The van der Waals surface area contributed by atoms with Gasteiger partial charge in [0.05, 0.1) is 24.4 Å². The van der Waals surface area contributed by atoms with E-state index in [-0.39, 0.29) is 11.9 Å². The van der Waals surface area contributed by atoms with Crippen LogP contribution in [0, 0.1) is 13.8 Å². The highest BCUT2D eigenvalue weighted by molar-refractivity contribution is 6.34. The van der Waals surface area contributed by atoms with Crippen molar-refractivity contribution in [2.75, 3.05) is 25.5 Å². The molecule has 2 rings (SSSR count). The van der Waals surface area contributed by atoms with E-state index in [1.165, 1.54) is 0 Å². The molecule has 1 atom stereocenters. The Morgan fingerprint density at radius 1 is 1.27 bits per heavy atom. The fourth-order valence-electron chi connectivity index (χ4n) is 3.07. The minimum Gasteiger partial charge on any atom is -0.497 e. The summed E-state index contributed by atoms with van der Waals surface area (Å²) in [5.74, 6) is 0.743. The van der Waals surface area contributed by atoms with Gasteiger partial charge in [0.1, 0.15) is 5.75 Å². The molecule has 0 heterocycles. The van der Waals surface area contributed by atoms with Crippen molar-refractivity contribution < 1.29 is 9.53 Å². The van der Waals surface area contributed by atoms with Crippen LogP contribution >= 0.6 is 11.6 Å². The molecule has 0 radical (unpaired) electrons. The number of aryl methyl sites for hydroxylation is 2. The summed E-state index contributed by atoms with van der Waals surface area (Å²) < 4.78 is 5.30. The highest BCUT2D eigenvalue weighted by atomic mass is 35.5. The van der Waals surface area contributed by atoms with Gasteiger partial charge in [0.25, 0.3) is 0 Å². The molecule has 0 spiro atoms. The van der Waals surface area contributed by atoms with Crippen LogP contribution in [0.2, 0.25) is 5.02 Å². The first-order valence-electron chi connectivity index (χ1n) is 8.80. The molecule has 0 fully saturated rings. The lowest BCUT2D eigenvalue weighted by Crippen LogP contribution is -2.35. The van der Waals surface area contributed by atoms with Gasteiger partial charge in [-0.1, -0.05) is 36.7 Å². The van der Waals surface area contributed by atoms with E-state index in [0.29, 0.717) is 17.3 Å². The summed E-state index contributed by atoms with van der Waals surface area (Å²) in [5.41, 5.74) is 3.84. The Balaban J connectivity index is 2.10. The number of carbonyl (C=O) groups is 1. The minimum absolute atomic E-state index is 0.0737.